The molecule has 108 valence electrons. The molecule has 1 heterocycles. The molecule has 1 aliphatic rings. The Bertz CT molecular complexity index is 246. The second-order valence-electron chi connectivity index (χ2n) is 5.20. The number of aliphatic imine (C=N–C) groups is 1. The fraction of sp³-hybridized carbons (Fsp3) is 0.923. The number of nitrogens with one attached hydrogen (secondary N) is 1. The van der Waals surface area contributed by atoms with E-state index in [1.54, 1.807) is 7.11 Å². The van der Waals surface area contributed by atoms with Gasteiger partial charge in [0.25, 0.3) is 0 Å². The van der Waals surface area contributed by atoms with Crippen LogP contribution in [0.1, 0.15) is 26.7 Å². The van der Waals surface area contributed by atoms with Crippen LogP contribution < -0.4 is 5.32 Å². The molecular weight excluding hydrogens is 341 g/mol. The number of rotatable bonds is 5. The molecule has 0 aromatic rings. The molecule has 1 N–H and O–H groups in total. The number of ether oxygens (including phenoxy) is 1. The van der Waals surface area contributed by atoms with Crippen LogP contribution in [0.5, 0.6) is 0 Å². The molecule has 0 saturated carbocycles. The third-order valence-corrected chi connectivity index (χ3v) is 3.19. The van der Waals surface area contributed by atoms with Crippen LogP contribution in [-0.2, 0) is 4.74 Å². The van der Waals surface area contributed by atoms with E-state index in [-0.39, 0.29) is 24.0 Å². The van der Waals surface area contributed by atoms with Crippen LogP contribution >= 0.6 is 24.0 Å². The van der Waals surface area contributed by atoms with E-state index in [1.165, 1.54) is 12.8 Å². The monoisotopic (exact) mass is 369 g/mol. The van der Waals surface area contributed by atoms with Gasteiger partial charge in [-0.2, -0.15) is 0 Å². The van der Waals surface area contributed by atoms with Crippen molar-refractivity contribution in [3.63, 3.8) is 0 Å². The largest absolute Gasteiger partial charge is 0.383 e. The Balaban J connectivity index is 0.00000289. The summed E-state index contributed by atoms with van der Waals surface area (Å²) in [5.41, 5.74) is 0. The number of halogens is 1. The molecule has 1 aliphatic heterocycles. The van der Waals surface area contributed by atoms with Gasteiger partial charge in [0.15, 0.2) is 5.96 Å². The van der Waals surface area contributed by atoms with Gasteiger partial charge in [0.1, 0.15) is 0 Å². The molecule has 0 spiro atoms. The van der Waals surface area contributed by atoms with E-state index in [0.717, 1.165) is 44.0 Å². The average molecular weight is 369 g/mol. The maximum absolute atomic E-state index is 5.04. The summed E-state index contributed by atoms with van der Waals surface area (Å²) < 4.78 is 5.04. The highest BCUT2D eigenvalue weighted by Crippen LogP contribution is 2.23. The minimum absolute atomic E-state index is 0. The van der Waals surface area contributed by atoms with Crippen LogP contribution in [0.25, 0.3) is 0 Å². The van der Waals surface area contributed by atoms with Crippen molar-refractivity contribution in [3.8, 4) is 0 Å². The molecule has 1 unspecified atom stereocenters. The first-order valence-corrected chi connectivity index (χ1v) is 6.62. The fourth-order valence-electron chi connectivity index (χ4n) is 2.48. The summed E-state index contributed by atoms with van der Waals surface area (Å²) >= 11 is 0. The second-order valence-corrected chi connectivity index (χ2v) is 5.20. The Kier molecular flexibility index (Phi) is 9.81. The van der Waals surface area contributed by atoms with Gasteiger partial charge in [0.05, 0.1) is 6.61 Å². The van der Waals surface area contributed by atoms with Crippen molar-refractivity contribution in [3.05, 3.63) is 0 Å². The van der Waals surface area contributed by atoms with E-state index in [9.17, 15) is 0 Å². The predicted octanol–water partition coefficient (Wildman–Crippen LogP) is 2.19. The fourth-order valence-corrected chi connectivity index (χ4v) is 2.48. The number of hydrogen-bond acceptors (Lipinski definition) is 2. The van der Waals surface area contributed by atoms with Gasteiger partial charge in [0.2, 0.25) is 0 Å². The molecule has 0 radical (unpaired) electrons. The minimum Gasteiger partial charge on any atom is -0.383 e. The van der Waals surface area contributed by atoms with Crippen molar-refractivity contribution in [1.82, 2.24) is 10.2 Å². The zero-order chi connectivity index (χ0) is 12.7. The first kappa shape index (κ1) is 18.0. The van der Waals surface area contributed by atoms with Gasteiger partial charge < -0.3 is 15.0 Å². The first-order valence-electron chi connectivity index (χ1n) is 6.62. The molecule has 0 aromatic carbocycles. The minimum atomic E-state index is 0. The van der Waals surface area contributed by atoms with E-state index < -0.39 is 0 Å². The maximum Gasteiger partial charge on any atom is 0.193 e. The molecular formula is C13H28IN3O. The van der Waals surface area contributed by atoms with Gasteiger partial charge in [-0.05, 0) is 24.7 Å². The van der Waals surface area contributed by atoms with Gasteiger partial charge in [0, 0.05) is 33.8 Å². The summed E-state index contributed by atoms with van der Waals surface area (Å²) in [4.78, 5) is 6.70. The van der Waals surface area contributed by atoms with E-state index in [1.807, 2.05) is 7.05 Å². The van der Waals surface area contributed by atoms with Crippen LogP contribution in [0.4, 0.5) is 0 Å². The molecule has 0 amide bonds. The molecule has 0 aliphatic carbocycles. The molecule has 1 saturated heterocycles. The van der Waals surface area contributed by atoms with Gasteiger partial charge >= 0.3 is 0 Å². The van der Waals surface area contributed by atoms with E-state index in [2.05, 4.69) is 29.1 Å². The lowest BCUT2D eigenvalue weighted by atomic mass is 9.97. The Morgan fingerprint density at radius 2 is 2.22 bits per heavy atom. The van der Waals surface area contributed by atoms with Crippen molar-refractivity contribution in [2.75, 3.05) is 40.4 Å². The zero-order valence-electron chi connectivity index (χ0n) is 12.1. The lowest BCUT2D eigenvalue weighted by Crippen LogP contribution is -2.41. The Hall–Kier alpha value is -0.0400. The van der Waals surface area contributed by atoms with Crippen molar-refractivity contribution in [2.45, 2.75) is 26.7 Å². The maximum atomic E-state index is 5.04. The number of guanidine groups is 1. The second kappa shape index (κ2) is 9.83. The standard InChI is InChI=1S/C13H27N3O.HI/c1-11(2)9-12-5-7-16(10-12)13(14-3)15-6-8-17-4;/h11-12H,5-10H2,1-4H3,(H,14,15);1H. The Morgan fingerprint density at radius 3 is 2.78 bits per heavy atom. The van der Waals surface area contributed by atoms with Gasteiger partial charge in [-0.3, -0.25) is 4.99 Å². The van der Waals surface area contributed by atoms with Crippen molar-refractivity contribution < 1.29 is 4.74 Å². The summed E-state index contributed by atoms with van der Waals surface area (Å²) in [7, 11) is 3.57. The van der Waals surface area contributed by atoms with Gasteiger partial charge in [-0.25, -0.2) is 0 Å². The van der Waals surface area contributed by atoms with Gasteiger partial charge in [-0.15, -0.1) is 24.0 Å². The Morgan fingerprint density at radius 1 is 1.50 bits per heavy atom. The van der Waals surface area contributed by atoms with E-state index in [4.69, 9.17) is 4.74 Å². The summed E-state index contributed by atoms with van der Waals surface area (Å²) in [6, 6.07) is 0. The van der Waals surface area contributed by atoms with Crippen molar-refractivity contribution in [1.29, 1.82) is 0 Å². The molecule has 1 rings (SSSR count). The molecule has 1 fully saturated rings. The number of likely N-dealkylation sites (tertiary alicyclic amines) is 1. The predicted molar refractivity (Wildman–Crippen MR) is 87.8 cm³/mol. The zero-order valence-corrected chi connectivity index (χ0v) is 14.4. The normalized spacial score (nSPS) is 20.2. The number of methoxy groups -OCH3 is 1. The van der Waals surface area contributed by atoms with Crippen molar-refractivity contribution in [2.24, 2.45) is 16.8 Å². The Labute approximate surface area is 129 Å². The van der Waals surface area contributed by atoms with E-state index in [0.29, 0.717) is 0 Å². The quantitative estimate of drug-likeness (QED) is 0.349. The molecule has 5 heteroatoms. The summed E-state index contributed by atoms with van der Waals surface area (Å²) in [6.45, 7) is 8.42. The molecule has 1 atom stereocenters. The number of nitrogens with zero attached hydrogens (tertiary/aromatic N) is 2. The molecule has 4 nitrogen and oxygen atoms in total. The summed E-state index contributed by atoms with van der Waals surface area (Å²) in [5, 5.41) is 3.34. The van der Waals surface area contributed by atoms with Crippen LogP contribution in [-0.4, -0.2) is 51.3 Å². The lowest BCUT2D eigenvalue weighted by Gasteiger charge is -2.22. The molecule has 18 heavy (non-hydrogen) atoms. The van der Waals surface area contributed by atoms with Crippen molar-refractivity contribution >= 4 is 29.9 Å². The van der Waals surface area contributed by atoms with Crippen LogP contribution in [0.3, 0.4) is 0 Å². The van der Waals surface area contributed by atoms with Crippen LogP contribution in [0.15, 0.2) is 4.99 Å². The lowest BCUT2D eigenvalue weighted by molar-refractivity contribution is 0.203. The average Bonchev–Trinajstić information content (AvgIpc) is 2.72. The highest BCUT2D eigenvalue weighted by atomic mass is 127. The topological polar surface area (TPSA) is 36.9 Å². The van der Waals surface area contributed by atoms with E-state index >= 15 is 0 Å². The van der Waals surface area contributed by atoms with Crippen LogP contribution in [0.2, 0.25) is 0 Å². The number of hydrogen-bond donors (Lipinski definition) is 1. The molecule has 0 bridgehead atoms. The highest BCUT2D eigenvalue weighted by Gasteiger charge is 2.24. The highest BCUT2D eigenvalue weighted by molar-refractivity contribution is 14.0. The third-order valence-electron chi connectivity index (χ3n) is 3.19. The smallest absolute Gasteiger partial charge is 0.193 e. The third kappa shape index (κ3) is 6.22. The first-order chi connectivity index (χ1) is 8.17. The van der Waals surface area contributed by atoms with Crippen LogP contribution in [0, 0.1) is 11.8 Å². The summed E-state index contributed by atoms with van der Waals surface area (Å²) in [6.07, 6.45) is 2.62. The SMILES string of the molecule is CN=C(NCCOC)N1CCC(CC(C)C)C1.I. The van der Waals surface area contributed by atoms with Gasteiger partial charge in [-0.1, -0.05) is 13.8 Å². The molecule has 0 aromatic heterocycles. The summed E-state index contributed by atoms with van der Waals surface area (Å²) in [5.74, 6) is 2.65.